The van der Waals surface area contributed by atoms with Crippen LogP contribution in [0.25, 0.3) is 11.3 Å². The highest BCUT2D eigenvalue weighted by atomic mass is 16.5. The van der Waals surface area contributed by atoms with Gasteiger partial charge in [-0.25, -0.2) is 9.97 Å². The number of ether oxygens (including phenoxy) is 2. The minimum atomic E-state index is 0.321. The molecule has 0 spiro atoms. The molecule has 5 heteroatoms. The van der Waals surface area contributed by atoms with Gasteiger partial charge in [-0.2, -0.15) is 0 Å². The van der Waals surface area contributed by atoms with Crippen molar-refractivity contribution in [2.75, 3.05) is 14.2 Å². The first-order valence-electron chi connectivity index (χ1n) is 5.95. The Hall–Kier alpha value is -2.14. The molecule has 1 aromatic heterocycles. The SMILES string of the molecule is COc1ccc(-c2cc(C)nc(CN)n2)cc1OC. The molecule has 0 fully saturated rings. The maximum Gasteiger partial charge on any atom is 0.161 e. The molecule has 100 valence electrons. The van der Waals surface area contributed by atoms with Crippen LogP contribution in [0.3, 0.4) is 0 Å². The first kappa shape index (κ1) is 13.3. The molecule has 0 amide bonds. The highest BCUT2D eigenvalue weighted by Crippen LogP contribution is 2.31. The first-order chi connectivity index (χ1) is 9.17. The van der Waals surface area contributed by atoms with Gasteiger partial charge in [-0.15, -0.1) is 0 Å². The van der Waals surface area contributed by atoms with Gasteiger partial charge in [-0.3, -0.25) is 0 Å². The van der Waals surface area contributed by atoms with Crippen molar-refractivity contribution in [1.29, 1.82) is 0 Å². The lowest BCUT2D eigenvalue weighted by Gasteiger charge is -2.10. The van der Waals surface area contributed by atoms with Gasteiger partial charge in [0.1, 0.15) is 5.82 Å². The number of rotatable bonds is 4. The maximum absolute atomic E-state index is 5.60. The van der Waals surface area contributed by atoms with E-state index < -0.39 is 0 Å². The molecule has 2 rings (SSSR count). The number of aryl methyl sites for hydroxylation is 1. The summed E-state index contributed by atoms with van der Waals surface area (Å²) >= 11 is 0. The standard InChI is InChI=1S/C14H17N3O2/c1-9-6-11(17-14(8-15)16-9)10-4-5-12(18-2)13(7-10)19-3/h4-7H,8,15H2,1-3H3. The van der Waals surface area contributed by atoms with Crippen molar-refractivity contribution >= 4 is 0 Å². The van der Waals surface area contributed by atoms with Crippen LogP contribution in [0.5, 0.6) is 11.5 Å². The van der Waals surface area contributed by atoms with Gasteiger partial charge in [-0.05, 0) is 31.2 Å². The third-order valence-corrected chi connectivity index (χ3v) is 2.76. The molecule has 0 bridgehead atoms. The van der Waals surface area contributed by atoms with E-state index >= 15 is 0 Å². The van der Waals surface area contributed by atoms with Crippen LogP contribution in [-0.2, 0) is 6.54 Å². The molecular weight excluding hydrogens is 242 g/mol. The van der Waals surface area contributed by atoms with Gasteiger partial charge in [-0.1, -0.05) is 0 Å². The van der Waals surface area contributed by atoms with Gasteiger partial charge in [0.2, 0.25) is 0 Å². The molecule has 2 aromatic rings. The van der Waals surface area contributed by atoms with Crippen molar-refractivity contribution in [2.24, 2.45) is 5.73 Å². The van der Waals surface area contributed by atoms with Gasteiger partial charge in [0.15, 0.2) is 11.5 Å². The molecule has 0 aliphatic carbocycles. The Balaban J connectivity index is 2.49. The van der Waals surface area contributed by atoms with Gasteiger partial charge >= 0.3 is 0 Å². The molecule has 19 heavy (non-hydrogen) atoms. The summed E-state index contributed by atoms with van der Waals surface area (Å²) in [6.07, 6.45) is 0. The van der Waals surface area contributed by atoms with E-state index in [0.29, 0.717) is 23.9 Å². The van der Waals surface area contributed by atoms with Crippen LogP contribution in [0.15, 0.2) is 24.3 Å². The van der Waals surface area contributed by atoms with Crippen molar-refractivity contribution in [3.05, 3.63) is 35.8 Å². The van der Waals surface area contributed by atoms with Gasteiger partial charge in [0, 0.05) is 11.3 Å². The molecule has 0 aliphatic heterocycles. The van der Waals surface area contributed by atoms with E-state index in [1.807, 2.05) is 31.2 Å². The molecule has 1 heterocycles. The number of aromatic nitrogens is 2. The zero-order chi connectivity index (χ0) is 13.8. The monoisotopic (exact) mass is 259 g/mol. The van der Waals surface area contributed by atoms with E-state index in [1.54, 1.807) is 14.2 Å². The van der Waals surface area contributed by atoms with Crippen molar-refractivity contribution in [1.82, 2.24) is 9.97 Å². The van der Waals surface area contributed by atoms with Crippen LogP contribution >= 0.6 is 0 Å². The van der Waals surface area contributed by atoms with E-state index in [4.69, 9.17) is 15.2 Å². The van der Waals surface area contributed by atoms with Crippen LogP contribution in [0.4, 0.5) is 0 Å². The second-order valence-electron chi connectivity index (χ2n) is 4.08. The quantitative estimate of drug-likeness (QED) is 0.908. The highest BCUT2D eigenvalue weighted by Gasteiger charge is 2.08. The normalized spacial score (nSPS) is 10.3. The van der Waals surface area contributed by atoms with E-state index in [1.165, 1.54) is 0 Å². The summed E-state index contributed by atoms with van der Waals surface area (Å²) in [5.41, 5.74) is 8.26. The fourth-order valence-electron chi connectivity index (χ4n) is 1.86. The average Bonchev–Trinajstić information content (AvgIpc) is 2.45. The maximum atomic E-state index is 5.60. The van der Waals surface area contributed by atoms with E-state index in [-0.39, 0.29) is 0 Å². The van der Waals surface area contributed by atoms with Crippen LogP contribution in [0.1, 0.15) is 11.5 Å². The van der Waals surface area contributed by atoms with Gasteiger partial charge in [0.05, 0.1) is 26.5 Å². The van der Waals surface area contributed by atoms with Crippen molar-refractivity contribution in [2.45, 2.75) is 13.5 Å². The Morgan fingerprint density at radius 2 is 1.79 bits per heavy atom. The molecule has 0 atom stereocenters. The summed E-state index contributed by atoms with van der Waals surface area (Å²) in [5, 5.41) is 0. The summed E-state index contributed by atoms with van der Waals surface area (Å²) in [4.78, 5) is 8.68. The summed E-state index contributed by atoms with van der Waals surface area (Å²) in [5.74, 6) is 1.99. The third kappa shape index (κ3) is 2.82. The predicted molar refractivity (Wildman–Crippen MR) is 73.2 cm³/mol. The van der Waals surface area contributed by atoms with Crippen LogP contribution < -0.4 is 15.2 Å². The van der Waals surface area contributed by atoms with Gasteiger partial charge < -0.3 is 15.2 Å². The lowest BCUT2D eigenvalue weighted by atomic mass is 10.1. The predicted octanol–water partition coefficient (Wildman–Crippen LogP) is 1.93. The third-order valence-electron chi connectivity index (χ3n) is 2.76. The van der Waals surface area contributed by atoms with E-state index in [2.05, 4.69) is 9.97 Å². The second-order valence-corrected chi connectivity index (χ2v) is 4.08. The number of nitrogens with two attached hydrogens (primary N) is 1. The Morgan fingerprint density at radius 3 is 2.42 bits per heavy atom. The van der Waals surface area contributed by atoms with Crippen molar-refractivity contribution in [3.63, 3.8) is 0 Å². The molecule has 0 radical (unpaired) electrons. The first-order valence-corrected chi connectivity index (χ1v) is 5.95. The molecule has 0 saturated carbocycles. The lowest BCUT2D eigenvalue weighted by molar-refractivity contribution is 0.355. The smallest absolute Gasteiger partial charge is 0.161 e. The van der Waals surface area contributed by atoms with Gasteiger partial charge in [0.25, 0.3) is 0 Å². The molecule has 0 aliphatic rings. The zero-order valence-electron chi connectivity index (χ0n) is 11.3. The molecule has 0 unspecified atom stereocenters. The number of hydrogen-bond donors (Lipinski definition) is 1. The molecule has 1 aromatic carbocycles. The minimum absolute atomic E-state index is 0.321. The Labute approximate surface area is 112 Å². The molecule has 2 N–H and O–H groups in total. The van der Waals surface area contributed by atoms with Crippen molar-refractivity contribution < 1.29 is 9.47 Å². The second kappa shape index (κ2) is 5.67. The Morgan fingerprint density at radius 1 is 1.05 bits per heavy atom. The zero-order valence-corrected chi connectivity index (χ0v) is 11.3. The largest absolute Gasteiger partial charge is 0.493 e. The molecule has 5 nitrogen and oxygen atoms in total. The average molecular weight is 259 g/mol. The van der Waals surface area contributed by atoms with Crippen LogP contribution in [0, 0.1) is 6.92 Å². The number of benzene rings is 1. The van der Waals surface area contributed by atoms with Crippen LogP contribution in [0.2, 0.25) is 0 Å². The summed E-state index contributed by atoms with van der Waals surface area (Å²) < 4.78 is 10.5. The fourth-order valence-corrected chi connectivity index (χ4v) is 1.86. The molecule has 0 saturated heterocycles. The van der Waals surface area contributed by atoms with Crippen LogP contribution in [-0.4, -0.2) is 24.2 Å². The molecular formula is C14H17N3O2. The number of methoxy groups -OCH3 is 2. The lowest BCUT2D eigenvalue weighted by Crippen LogP contribution is -2.05. The summed E-state index contributed by atoms with van der Waals surface area (Å²) in [6, 6.07) is 7.60. The van der Waals surface area contributed by atoms with E-state index in [9.17, 15) is 0 Å². The summed E-state index contributed by atoms with van der Waals surface area (Å²) in [7, 11) is 3.22. The Kier molecular flexibility index (Phi) is 3.97. The number of nitrogens with zero attached hydrogens (tertiary/aromatic N) is 2. The minimum Gasteiger partial charge on any atom is -0.493 e. The Bertz CT molecular complexity index is 585. The highest BCUT2D eigenvalue weighted by molar-refractivity contribution is 5.64. The topological polar surface area (TPSA) is 70.3 Å². The fraction of sp³-hybridized carbons (Fsp3) is 0.286. The van der Waals surface area contributed by atoms with E-state index in [0.717, 1.165) is 17.0 Å². The number of hydrogen-bond acceptors (Lipinski definition) is 5. The van der Waals surface area contributed by atoms with Crippen molar-refractivity contribution in [3.8, 4) is 22.8 Å². The summed E-state index contributed by atoms with van der Waals surface area (Å²) in [6.45, 7) is 2.24.